The summed E-state index contributed by atoms with van der Waals surface area (Å²) in [6.45, 7) is 1.96. The minimum atomic E-state index is -4.57. The van der Waals surface area contributed by atoms with Crippen LogP contribution in [0.15, 0.2) is 78.4 Å². The molecule has 1 amide bonds. The topological polar surface area (TPSA) is 77.8 Å². The van der Waals surface area contributed by atoms with Crippen LogP contribution in [0.3, 0.4) is 0 Å². The lowest BCUT2D eigenvalue weighted by molar-refractivity contribution is -0.137. The van der Waals surface area contributed by atoms with E-state index in [4.69, 9.17) is 0 Å². The van der Waals surface area contributed by atoms with Crippen LogP contribution in [-0.2, 0) is 22.2 Å². The van der Waals surface area contributed by atoms with Gasteiger partial charge in [0.1, 0.15) is 11.5 Å². The first-order valence-electron chi connectivity index (χ1n) is 10.5. The normalized spacial score (nSPS) is 17.9. The highest BCUT2D eigenvalue weighted by atomic mass is 19.4. The molecule has 0 aromatic heterocycles. The lowest BCUT2D eigenvalue weighted by Crippen LogP contribution is -2.29. The van der Waals surface area contributed by atoms with Crippen molar-refractivity contribution in [3.63, 3.8) is 0 Å². The summed E-state index contributed by atoms with van der Waals surface area (Å²) in [6, 6.07) is 15.3. The predicted molar refractivity (Wildman–Crippen MR) is 120 cm³/mol. The maximum absolute atomic E-state index is 13.1. The number of Topliss-reactive ketones (excluding diaryl/α,β-unsaturated/α-hetero) is 1. The number of carbonyl (C=O) groups is 2. The molecule has 3 aromatic rings. The predicted octanol–water partition coefficient (Wildman–Crippen LogP) is 5.60. The van der Waals surface area contributed by atoms with E-state index in [0.717, 1.165) is 41.1 Å². The number of phenols is 1. The molecule has 1 fully saturated rings. The molecular formula is C26H20F3NO4. The molecule has 0 aliphatic carbocycles. The van der Waals surface area contributed by atoms with Crippen molar-refractivity contribution in [2.75, 3.05) is 4.90 Å². The fourth-order valence-electron chi connectivity index (χ4n) is 3.97. The summed E-state index contributed by atoms with van der Waals surface area (Å²) in [4.78, 5) is 27.2. The van der Waals surface area contributed by atoms with Crippen LogP contribution in [0, 0.1) is 0 Å². The van der Waals surface area contributed by atoms with E-state index in [1.54, 1.807) is 30.3 Å². The molecule has 4 rings (SSSR count). The summed E-state index contributed by atoms with van der Waals surface area (Å²) in [5.74, 6) is -2.53. The van der Waals surface area contributed by atoms with Gasteiger partial charge >= 0.3 is 6.18 Å². The number of anilines is 1. The van der Waals surface area contributed by atoms with E-state index in [-0.39, 0.29) is 17.0 Å². The molecule has 0 bridgehead atoms. The van der Waals surface area contributed by atoms with E-state index in [9.17, 15) is 33.0 Å². The second-order valence-electron chi connectivity index (χ2n) is 7.86. The highest BCUT2D eigenvalue weighted by Gasteiger charge is 2.47. The number of halogens is 3. The average molecular weight is 467 g/mol. The molecule has 1 aliphatic heterocycles. The third-order valence-electron chi connectivity index (χ3n) is 5.74. The number of aromatic hydroxyl groups is 1. The van der Waals surface area contributed by atoms with Crippen molar-refractivity contribution in [2.45, 2.75) is 25.6 Å². The average Bonchev–Trinajstić information content (AvgIpc) is 3.08. The lowest BCUT2D eigenvalue weighted by atomic mass is 9.94. The summed E-state index contributed by atoms with van der Waals surface area (Å²) < 4.78 is 39.1. The Morgan fingerprint density at radius 2 is 1.62 bits per heavy atom. The van der Waals surface area contributed by atoms with Gasteiger partial charge < -0.3 is 10.2 Å². The Hall–Kier alpha value is -4.07. The number of hydrogen-bond acceptors (Lipinski definition) is 4. The van der Waals surface area contributed by atoms with Crippen LogP contribution in [0.4, 0.5) is 18.9 Å². The Morgan fingerprint density at radius 1 is 0.971 bits per heavy atom. The van der Waals surface area contributed by atoms with E-state index in [1.165, 1.54) is 18.2 Å². The van der Waals surface area contributed by atoms with Gasteiger partial charge in [-0.3, -0.25) is 14.5 Å². The van der Waals surface area contributed by atoms with Crippen molar-refractivity contribution < 1.29 is 33.0 Å². The van der Waals surface area contributed by atoms with Crippen LogP contribution >= 0.6 is 0 Å². The SMILES string of the molecule is CCc1ccc(/C(O)=C2\C(=O)C(=O)N(c3ccc(C(F)(F)F)cc3)C2c2cccc(O)c2)cc1. The zero-order valence-electron chi connectivity index (χ0n) is 18.0. The minimum absolute atomic E-state index is 0.0452. The van der Waals surface area contributed by atoms with Gasteiger partial charge in [0, 0.05) is 11.3 Å². The van der Waals surface area contributed by atoms with Crippen molar-refractivity contribution in [3.8, 4) is 5.75 Å². The molecule has 1 heterocycles. The molecule has 3 aromatic carbocycles. The maximum atomic E-state index is 13.1. The lowest BCUT2D eigenvalue weighted by Gasteiger charge is -2.26. The largest absolute Gasteiger partial charge is 0.508 e. The van der Waals surface area contributed by atoms with Crippen molar-refractivity contribution in [1.29, 1.82) is 0 Å². The van der Waals surface area contributed by atoms with Crippen LogP contribution in [0.5, 0.6) is 5.75 Å². The number of aryl methyl sites for hydroxylation is 1. The zero-order chi connectivity index (χ0) is 24.6. The Bertz CT molecular complexity index is 1280. The molecule has 0 radical (unpaired) electrons. The number of aliphatic hydroxyl groups excluding tert-OH is 1. The molecule has 1 atom stereocenters. The van der Waals surface area contributed by atoms with E-state index < -0.39 is 35.2 Å². The fraction of sp³-hybridized carbons (Fsp3) is 0.154. The smallest absolute Gasteiger partial charge is 0.416 e. The van der Waals surface area contributed by atoms with Crippen LogP contribution in [0.1, 0.15) is 35.2 Å². The molecule has 2 N–H and O–H groups in total. The molecule has 5 nitrogen and oxygen atoms in total. The molecule has 34 heavy (non-hydrogen) atoms. The maximum Gasteiger partial charge on any atom is 0.416 e. The molecule has 0 spiro atoms. The number of nitrogens with zero attached hydrogens (tertiary/aromatic N) is 1. The minimum Gasteiger partial charge on any atom is -0.508 e. The third-order valence-corrected chi connectivity index (χ3v) is 5.74. The van der Waals surface area contributed by atoms with Gasteiger partial charge in [0.15, 0.2) is 0 Å². The fourth-order valence-corrected chi connectivity index (χ4v) is 3.97. The number of benzene rings is 3. The van der Waals surface area contributed by atoms with Crippen LogP contribution in [0.2, 0.25) is 0 Å². The highest BCUT2D eigenvalue weighted by molar-refractivity contribution is 6.51. The van der Waals surface area contributed by atoms with Gasteiger partial charge in [0.25, 0.3) is 11.7 Å². The molecule has 1 unspecified atom stereocenters. The Morgan fingerprint density at radius 3 is 2.18 bits per heavy atom. The Balaban J connectivity index is 1.89. The van der Waals surface area contributed by atoms with Crippen LogP contribution in [0.25, 0.3) is 5.76 Å². The van der Waals surface area contributed by atoms with Crippen LogP contribution in [-0.4, -0.2) is 21.9 Å². The molecule has 8 heteroatoms. The van der Waals surface area contributed by atoms with E-state index in [2.05, 4.69) is 0 Å². The number of alkyl halides is 3. The number of hydrogen-bond donors (Lipinski definition) is 2. The quantitative estimate of drug-likeness (QED) is 0.298. The van der Waals surface area contributed by atoms with Gasteiger partial charge in [-0.05, 0) is 53.9 Å². The molecule has 0 saturated carbocycles. The Labute approximate surface area is 193 Å². The second kappa shape index (κ2) is 8.70. The monoisotopic (exact) mass is 467 g/mol. The summed E-state index contributed by atoms with van der Waals surface area (Å²) in [5, 5.41) is 21.1. The van der Waals surface area contributed by atoms with Crippen molar-refractivity contribution in [1.82, 2.24) is 0 Å². The van der Waals surface area contributed by atoms with Crippen molar-refractivity contribution in [3.05, 3.63) is 101 Å². The van der Waals surface area contributed by atoms with Gasteiger partial charge in [0.05, 0.1) is 17.2 Å². The van der Waals surface area contributed by atoms with Gasteiger partial charge in [-0.25, -0.2) is 0 Å². The first kappa shape index (κ1) is 23.1. The second-order valence-corrected chi connectivity index (χ2v) is 7.86. The molecule has 1 saturated heterocycles. The van der Waals surface area contributed by atoms with Crippen LogP contribution < -0.4 is 4.90 Å². The third kappa shape index (κ3) is 4.14. The molecule has 174 valence electrons. The number of carbonyl (C=O) groups excluding carboxylic acids is 2. The van der Waals surface area contributed by atoms with E-state index in [1.807, 2.05) is 6.92 Å². The van der Waals surface area contributed by atoms with Gasteiger partial charge in [-0.2, -0.15) is 13.2 Å². The van der Waals surface area contributed by atoms with Crippen molar-refractivity contribution >= 4 is 23.1 Å². The number of phenolic OH excluding ortho intramolecular Hbond substituents is 1. The first-order valence-corrected chi connectivity index (χ1v) is 10.5. The van der Waals surface area contributed by atoms with Gasteiger partial charge in [-0.1, -0.05) is 43.3 Å². The summed E-state index contributed by atoms with van der Waals surface area (Å²) in [7, 11) is 0. The zero-order valence-corrected chi connectivity index (χ0v) is 18.0. The Kier molecular flexibility index (Phi) is 5.91. The van der Waals surface area contributed by atoms with E-state index in [0.29, 0.717) is 11.1 Å². The number of rotatable bonds is 4. The number of amides is 1. The molecule has 1 aliphatic rings. The number of ketones is 1. The van der Waals surface area contributed by atoms with Gasteiger partial charge in [-0.15, -0.1) is 0 Å². The van der Waals surface area contributed by atoms with Gasteiger partial charge in [0.2, 0.25) is 0 Å². The summed E-state index contributed by atoms with van der Waals surface area (Å²) >= 11 is 0. The summed E-state index contributed by atoms with van der Waals surface area (Å²) in [6.07, 6.45) is -3.80. The number of aliphatic hydroxyl groups is 1. The molecular weight excluding hydrogens is 447 g/mol. The first-order chi connectivity index (χ1) is 16.1. The highest BCUT2D eigenvalue weighted by Crippen LogP contribution is 2.43. The summed E-state index contributed by atoms with van der Waals surface area (Å²) in [5.41, 5.74) is 0.547. The standard InChI is InChI=1S/C26H20F3NO4/c1-2-15-6-8-16(9-7-15)23(32)21-22(17-4-3-5-20(31)14-17)30(25(34)24(21)33)19-12-10-18(11-13-19)26(27,28)29/h3-14,22,31-32H,2H2,1H3/b23-21+. The van der Waals surface area contributed by atoms with Crippen molar-refractivity contribution in [2.24, 2.45) is 0 Å². The van der Waals surface area contributed by atoms with E-state index >= 15 is 0 Å².